The molecule has 0 aliphatic heterocycles. The summed E-state index contributed by atoms with van der Waals surface area (Å²) in [5.74, 6) is 1.66. The van der Waals surface area contributed by atoms with Gasteiger partial charge in [-0.3, -0.25) is 4.68 Å². The molecule has 4 nitrogen and oxygen atoms in total. The van der Waals surface area contributed by atoms with Crippen LogP contribution in [0.5, 0.6) is 11.5 Å². The first kappa shape index (κ1) is 15.6. The number of hydrogen-bond donors (Lipinski definition) is 1. The second-order valence-electron chi connectivity index (χ2n) is 5.57. The van der Waals surface area contributed by atoms with Crippen molar-refractivity contribution in [2.75, 3.05) is 6.54 Å². The zero-order valence-electron chi connectivity index (χ0n) is 13.3. The van der Waals surface area contributed by atoms with E-state index in [1.807, 2.05) is 29.1 Å². The summed E-state index contributed by atoms with van der Waals surface area (Å²) < 4.78 is 7.92. The fourth-order valence-electron chi connectivity index (χ4n) is 2.18. The Hall–Kier alpha value is -1.81. The van der Waals surface area contributed by atoms with Crippen molar-refractivity contribution in [2.45, 2.75) is 46.2 Å². The zero-order chi connectivity index (χ0) is 15.2. The van der Waals surface area contributed by atoms with Gasteiger partial charge in [-0.05, 0) is 39.8 Å². The Morgan fingerprint density at radius 3 is 2.67 bits per heavy atom. The largest absolute Gasteiger partial charge is 0.454 e. The van der Waals surface area contributed by atoms with Gasteiger partial charge in [0.1, 0.15) is 5.75 Å². The Labute approximate surface area is 127 Å². The van der Waals surface area contributed by atoms with Crippen LogP contribution in [0.25, 0.3) is 0 Å². The fourth-order valence-corrected chi connectivity index (χ4v) is 2.18. The Bertz CT molecular complexity index is 563. The van der Waals surface area contributed by atoms with Crippen molar-refractivity contribution >= 4 is 0 Å². The Morgan fingerprint density at radius 1 is 1.24 bits per heavy atom. The van der Waals surface area contributed by atoms with Crippen LogP contribution >= 0.6 is 0 Å². The van der Waals surface area contributed by atoms with Crippen molar-refractivity contribution in [3.63, 3.8) is 0 Å². The van der Waals surface area contributed by atoms with Gasteiger partial charge < -0.3 is 10.1 Å². The topological polar surface area (TPSA) is 39.1 Å². The standard InChI is InChI=1S/C17H25N3O/c1-5-10-18-14(4)16-8-6-7-9-17(16)21-15-11-19-20(12-15)13(2)3/h6-9,11-14,18H,5,10H2,1-4H3. The molecule has 0 fully saturated rings. The van der Waals surface area contributed by atoms with E-state index >= 15 is 0 Å². The summed E-state index contributed by atoms with van der Waals surface area (Å²) in [4.78, 5) is 0. The molecule has 0 amide bonds. The number of rotatable bonds is 7. The number of aromatic nitrogens is 2. The van der Waals surface area contributed by atoms with E-state index in [4.69, 9.17) is 4.74 Å². The molecule has 0 saturated carbocycles. The van der Waals surface area contributed by atoms with Gasteiger partial charge in [0.2, 0.25) is 0 Å². The Balaban J connectivity index is 2.15. The minimum Gasteiger partial charge on any atom is -0.454 e. The van der Waals surface area contributed by atoms with Crippen molar-refractivity contribution in [1.29, 1.82) is 0 Å². The summed E-state index contributed by atoms with van der Waals surface area (Å²) in [7, 11) is 0. The average molecular weight is 287 g/mol. The van der Waals surface area contributed by atoms with Crippen LogP contribution < -0.4 is 10.1 Å². The number of nitrogens with zero attached hydrogens (tertiary/aromatic N) is 2. The van der Waals surface area contributed by atoms with E-state index in [1.54, 1.807) is 6.20 Å². The molecule has 0 aliphatic rings. The van der Waals surface area contributed by atoms with Crippen molar-refractivity contribution in [1.82, 2.24) is 15.1 Å². The van der Waals surface area contributed by atoms with E-state index < -0.39 is 0 Å². The van der Waals surface area contributed by atoms with Crippen LogP contribution in [0.3, 0.4) is 0 Å². The van der Waals surface area contributed by atoms with E-state index in [1.165, 1.54) is 5.56 Å². The maximum Gasteiger partial charge on any atom is 0.165 e. The third-order valence-corrected chi connectivity index (χ3v) is 3.42. The molecule has 0 bridgehead atoms. The summed E-state index contributed by atoms with van der Waals surface area (Å²) in [6.07, 6.45) is 4.82. The van der Waals surface area contributed by atoms with E-state index in [-0.39, 0.29) is 6.04 Å². The van der Waals surface area contributed by atoms with Gasteiger partial charge in [-0.2, -0.15) is 5.10 Å². The van der Waals surface area contributed by atoms with Gasteiger partial charge in [-0.15, -0.1) is 0 Å². The van der Waals surface area contributed by atoms with Gasteiger partial charge in [0, 0.05) is 17.6 Å². The molecule has 21 heavy (non-hydrogen) atoms. The molecule has 1 aromatic carbocycles. The molecule has 4 heteroatoms. The van der Waals surface area contributed by atoms with Crippen LogP contribution in [0.15, 0.2) is 36.7 Å². The van der Waals surface area contributed by atoms with Crippen molar-refractivity contribution in [3.8, 4) is 11.5 Å². The number of benzene rings is 1. The predicted octanol–water partition coefficient (Wildman–Crippen LogP) is 4.32. The lowest BCUT2D eigenvalue weighted by Crippen LogP contribution is -2.19. The van der Waals surface area contributed by atoms with Crippen molar-refractivity contribution in [2.24, 2.45) is 0 Å². The SMILES string of the molecule is CCCNC(C)c1ccccc1Oc1cnn(C(C)C)c1. The second kappa shape index (κ2) is 7.27. The molecule has 0 saturated heterocycles. The lowest BCUT2D eigenvalue weighted by molar-refractivity contribution is 0.457. The minimum absolute atomic E-state index is 0.265. The Kier molecular flexibility index (Phi) is 5.39. The highest BCUT2D eigenvalue weighted by Gasteiger charge is 2.12. The fraction of sp³-hybridized carbons (Fsp3) is 0.471. The molecule has 1 N–H and O–H groups in total. The first-order valence-electron chi connectivity index (χ1n) is 7.66. The first-order valence-corrected chi connectivity index (χ1v) is 7.66. The monoisotopic (exact) mass is 287 g/mol. The average Bonchev–Trinajstić information content (AvgIpc) is 2.94. The zero-order valence-corrected chi connectivity index (χ0v) is 13.3. The smallest absolute Gasteiger partial charge is 0.165 e. The van der Waals surface area contributed by atoms with Crippen LogP contribution in [0, 0.1) is 0 Å². The maximum atomic E-state index is 6.02. The molecule has 114 valence electrons. The number of para-hydroxylation sites is 1. The summed E-state index contributed by atoms with van der Waals surface area (Å²) in [5.41, 5.74) is 1.17. The van der Waals surface area contributed by atoms with Crippen LogP contribution in [-0.2, 0) is 0 Å². The predicted molar refractivity (Wildman–Crippen MR) is 85.8 cm³/mol. The molecular formula is C17H25N3O. The number of hydrogen-bond acceptors (Lipinski definition) is 3. The molecule has 0 aliphatic carbocycles. The summed E-state index contributed by atoms with van der Waals surface area (Å²) >= 11 is 0. The molecule has 1 atom stereocenters. The normalized spacial score (nSPS) is 12.6. The summed E-state index contributed by atoms with van der Waals surface area (Å²) in [6, 6.07) is 8.76. The number of nitrogens with one attached hydrogen (secondary N) is 1. The van der Waals surface area contributed by atoms with E-state index in [9.17, 15) is 0 Å². The van der Waals surface area contributed by atoms with Crippen LogP contribution in [0.1, 0.15) is 51.8 Å². The van der Waals surface area contributed by atoms with Gasteiger partial charge in [0.15, 0.2) is 5.75 Å². The molecule has 1 unspecified atom stereocenters. The molecule has 0 radical (unpaired) electrons. The van der Waals surface area contributed by atoms with Crippen LogP contribution in [0.4, 0.5) is 0 Å². The third kappa shape index (κ3) is 4.08. The van der Waals surface area contributed by atoms with E-state index in [0.29, 0.717) is 6.04 Å². The molecular weight excluding hydrogens is 262 g/mol. The van der Waals surface area contributed by atoms with Crippen LogP contribution in [0.2, 0.25) is 0 Å². The summed E-state index contributed by atoms with van der Waals surface area (Å²) in [5, 5.41) is 7.81. The maximum absolute atomic E-state index is 6.02. The second-order valence-corrected chi connectivity index (χ2v) is 5.57. The van der Waals surface area contributed by atoms with Crippen LogP contribution in [-0.4, -0.2) is 16.3 Å². The summed E-state index contributed by atoms with van der Waals surface area (Å²) in [6.45, 7) is 9.53. The highest BCUT2D eigenvalue weighted by atomic mass is 16.5. The first-order chi connectivity index (χ1) is 10.1. The van der Waals surface area contributed by atoms with Gasteiger partial charge in [-0.1, -0.05) is 25.1 Å². The molecule has 1 heterocycles. The minimum atomic E-state index is 0.265. The highest BCUT2D eigenvalue weighted by Crippen LogP contribution is 2.29. The molecule has 0 spiro atoms. The van der Waals surface area contributed by atoms with Crippen molar-refractivity contribution in [3.05, 3.63) is 42.2 Å². The lowest BCUT2D eigenvalue weighted by atomic mass is 10.1. The molecule has 2 rings (SSSR count). The van der Waals surface area contributed by atoms with Gasteiger partial charge in [0.05, 0.1) is 12.4 Å². The highest BCUT2D eigenvalue weighted by molar-refractivity contribution is 5.38. The Morgan fingerprint density at radius 2 is 2.00 bits per heavy atom. The lowest BCUT2D eigenvalue weighted by Gasteiger charge is -2.17. The van der Waals surface area contributed by atoms with E-state index in [0.717, 1.165) is 24.5 Å². The van der Waals surface area contributed by atoms with Crippen molar-refractivity contribution < 1.29 is 4.74 Å². The van der Waals surface area contributed by atoms with Gasteiger partial charge in [-0.25, -0.2) is 0 Å². The third-order valence-electron chi connectivity index (χ3n) is 3.42. The number of ether oxygens (including phenoxy) is 1. The molecule has 1 aromatic heterocycles. The van der Waals surface area contributed by atoms with Gasteiger partial charge in [0.25, 0.3) is 0 Å². The van der Waals surface area contributed by atoms with Gasteiger partial charge >= 0.3 is 0 Å². The van der Waals surface area contributed by atoms with E-state index in [2.05, 4.69) is 44.2 Å². The quantitative estimate of drug-likeness (QED) is 0.824. The molecule has 2 aromatic rings.